The van der Waals surface area contributed by atoms with E-state index in [0.29, 0.717) is 0 Å². The molecule has 0 radical (unpaired) electrons. The number of hydrogen-bond donors (Lipinski definition) is 1. The quantitative estimate of drug-likeness (QED) is 0.664. The van der Waals surface area contributed by atoms with E-state index in [1.54, 1.807) is 18.3 Å². The van der Waals surface area contributed by atoms with Crippen molar-refractivity contribution in [3.8, 4) is 23.4 Å². The van der Waals surface area contributed by atoms with E-state index in [0.717, 1.165) is 6.07 Å². The Bertz CT molecular complexity index is 1260. The number of benzene rings is 1. The van der Waals surface area contributed by atoms with Gasteiger partial charge in [-0.15, -0.1) is 0 Å². The number of halogens is 3. The van der Waals surface area contributed by atoms with Crippen LogP contribution in [0.15, 0.2) is 24.3 Å². The summed E-state index contributed by atoms with van der Waals surface area (Å²) < 4.78 is 39.9. The van der Waals surface area contributed by atoms with Crippen LogP contribution in [0.25, 0.3) is 11.3 Å². The molecule has 0 spiro atoms. The van der Waals surface area contributed by atoms with Crippen LogP contribution in [0.2, 0.25) is 0 Å². The molecule has 2 aromatic rings. The molecule has 35 heavy (non-hydrogen) atoms. The molecule has 10 nitrogen and oxygen atoms in total. The van der Waals surface area contributed by atoms with Crippen molar-refractivity contribution in [1.82, 2.24) is 19.6 Å². The van der Waals surface area contributed by atoms with E-state index in [1.807, 2.05) is 6.07 Å². The van der Waals surface area contributed by atoms with Crippen molar-refractivity contribution in [2.75, 3.05) is 32.0 Å². The van der Waals surface area contributed by atoms with Crippen LogP contribution in [0.3, 0.4) is 0 Å². The maximum absolute atomic E-state index is 13.1. The molecule has 0 unspecified atom stereocenters. The van der Waals surface area contributed by atoms with E-state index in [2.05, 4.69) is 5.10 Å². The molecular weight excluding hydrogens is 467 g/mol. The van der Waals surface area contributed by atoms with Gasteiger partial charge in [0.15, 0.2) is 0 Å². The zero-order valence-electron chi connectivity index (χ0n) is 18.8. The van der Waals surface area contributed by atoms with Gasteiger partial charge in [0.2, 0.25) is 5.91 Å². The highest BCUT2D eigenvalue weighted by molar-refractivity contribution is 6.00. The SMILES string of the molecule is C[C@H]1CN(CC(=O)N(C)CCC#N)C(=O)c2cc(-c3ccc(C#N)cc3NC(=O)C(F)(F)F)nn21. The number of anilines is 1. The third-order valence-electron chi connectivity index (χ3n) is 5.39. The zero-order valence-corrected chi connectivity index (χ0v) is 18.8. The number of rotatable bonds is 6. The molecule has 0 saturated carbocycles. The number of nitriles is 2. The molecule has 0 bridgehead atoms. The van der Waals surface area contributed by atoms with Gasteiger partial charge in [0, 0.05) is 25.7 Å². The molecule has 3 rings (SSSR count). The smallest absolute Gasteiger partial charge is 0.343 e. The summed E-state index contributed by atoms with van der Waals surface area (Å²) in [6, 6.07) is 8.51. The molecule has 1 aromatic carbocycles. The molecule has 1 atom stereocenters. The van der Waals surface area contributed by atoms with Crippen LogP contribution in [0.1, 0.15) is 35.4 Å². The minimum atomic E-state index is -5.15. The lowest BCUT2D eigenvalue weighted by Crippen LogP contribution is -2.47. The van der Waals surface area contributed by atoms with E-state index in [4.69, 9.17) is 10.5 Å². The lowest BCUT2D eigenvalue weighted by atomic mass is 10.1. The molecule has 3 amide bonds. The van der Waals surface area contributed by atoms with Crippen molar-refractivity contribution < 1.29 is 27.6 Å². The molecule has 182 valence electrons. The first kappa shape index (κ1) is 25.2. The summed E-state index contributed by atoms with van der Waals surface area (Å²) in [5, 5.41) is 23.9. The maximum Gasteiger partial charge on any atom is 0.471 e. The summed E-state index contributed by atoms with van der Waals surface area (Å²) in [7, 11) is 1.53. The summed E-state index contributed by atoms with van der Waals surface area (Å²) >= 11 is 0. The summed E-state index contributed by atoms with van der Waals surface area (Å²) in [6.07, 6.45) is -4.99. The van der Waals surface area contributed by atoms with Crippen molar-refractivity contribution >= 4 is 23.4 Å². The molecular formula is C22H20F3N7O3. The highest BCUT2D eigenvalue weighted by atomic mass is 19.4. The number of hydrogen-bond acceptors (Lipinski definition) is 6. The average Bonchev–Trinajstić information content (AvgIpc) is 3.26. The predicted molar refractivity (Wildman–Crippen MR) is 116 cm³/mol. The largest absolute Gasteiger partial charge is 0.471 e. The number of carbonyl (C=O) groups excluding carboxylic acids is 3. The van der Waals surface area contributed by atoms with Gasteiger partial charge in [-0.1, -0.05) is 0 Å². The number of likely N-dealkylation sites (N-methyl/N-ethyl adjacent to an activating group) is 1. The van der Waals surface area contributed by atoms with Crippen LogP contribution >= 0.6 is 0 Å². The summed E-state index contributed by atoms with van der Waals surface area (Å²) in [5.41, 5.74) is 0.0467. The minimum Gasteiger partial charge on any atom is -0.343 e. The van der Waals surface area contributed by atoms with E-state index in [-0.39, 0.29) is 66.2 Å². The van der Waals surface area contributed by atoms with Crippen LogP contribution in [0.4, 0.5) is 18.9 Å². The summed E-state index contributed by atoms with van der Waals surface area (Å²) in [6.45, 7) is 1.93. The van der Waals surface area contributed by atoms with Crippen molar-refractivity contribution in [2.24, 2.45) is 0 Å². The Balaban J connectivity index is 1.92. The first-order chi connectivity index (χ1) is 16.5. The lowest BCUT2D eigenvalue weighted by molar-refractivity contribution is -0.167. The number of fused-ring (bicyclic) bond motifs is 1. The number of carbonyl (C=O) groups is 3. The molecule has 0 saturated heterocycles. The molecule has 1 aliphatic rings. The fourth-order valence-electron chi connectivity index (χ4n) is 3.56. The van der Waals surface area contributed by atoms with Crippen molar-refractivity contribution in [3.05, 3.63) is 35.5 Å². The van der Waals surface area contributed by atoms with E-state index >= 15 is 0 Å². The van der Waals surface area contributed by atoms with Crippen LogP contribution < -0.4 is 5.32 Å². The second-order valence-electron chi connectivity index (χ2n) is 7.94. The highest BCUT2D eigenvalue weighted by Crippen LogP contribution is 2.32. The Kier molecular flexibility index (Phi) is 7.10. The lowest BCUT2D eigenvalue weighted by Gasteiger charge is -2.32. The number of alkyl halides is 3. The second kappa shape index (κ2) is 9.85. The first-order valence-electron chi connectivity index (χ1n) is 10.4. The number of nitrogens with zero attached hydrogens (tertiary/aromatic N) is 6. The van der Waals surface area contributed by atoms with Crippen molar-refractivity contribution in [1.29, 1.82) is 10.5 Å². The number of nitrogens with one attached hydrogen (secondary N) is 1. The average molecular weight is 487 g/mol. The molecule has 13 heteroatoms. The molecule has 0 aliphatic carbocycles. The highest BCUT2D eigenvalue weighted by Gasteiger charge is 2.39. The minimum absolute atomic E-state index is 0.0184. The topological polar surface area (TPSA) is 135 Å². The standard InChI is InChI=1S/C22H20F3N7O3/c1-13-11-31(12-19(33)30(2)7-3-6-26)20(34)18-9-17(29-32(13)18)15-5-4-14(10-27)8-16(15)28-21(35)22(23,24)25/h4-5,8-9,13H,3,7,11-12H2,1-2H3,(H,28,35)/t13-/m0/s1. The maximum atomic E-state index is 13.1. The Morgan fingerprint density at radius 2 is 2.00 bits per heavy atom. The van der Waals surface area contributed by atoms with Gasteiger partial charge in [-0.25, -0.2) is 0 Å². The molecule has 2 heterocycles. The van der Waals surface area contributed by atoms with Crippen LogP contribution in [0, 0.1) is 22.7 Å². The van der Waals surface area contributed by atoms with Crippen LogP contribution in [-0.2, 0) is 9.59 Å². The normalized spacial score (nSPS) is 15.1. The number of amides is 3. The van der Waals surface area contributed by atoms with Crippen LogP contribution in [-0.4, -0.2) is 70.2 Å². The first-order valence-corrected chi connectivity index (χ1v) is 10.4. The van der Waals surface area contributed by atoms with Gasteiger partial charge in [-0.3, -0.25) is 19.1 Å². The Morgan fingerprint density at radius 3 is 2.63 bits per heavy atom. The predicted octanol–water partition coefficient (Wildman–Crippen LogP) is 2.31. The van der Waals surface area contributed by atoms with Crippen molar-refractivity contribution in [2.45, 2.75) is 25.6 Å². The fraction of sp³-hybridized carbons (Fsp3) is 0.364. The van der Waals surface area contributed by atoms with Crippen molar-refractivity contribution in [3.63, 3.8) is 0 Å². The number of aromatic nitrogens is 2. The van der Waals surface area contributed by atoms with Gasteiger partial charge in [-0.2, -0.15) is 28.8 Å². The van der Waals surface area contributed by atoms with Gasteiger partial charge in [0.1, 0.15) is 12.2 Å². The van der Waals surface area contributed by atoms with Gasteiger partial charge in [-0.05, 0) is 31.2 Å². The Morgan fingerprint density at radius 1 is 1.29 bits per heavy atom. The Hall–Kier alpha value is -4.39. The van der Waals surface area contributed by atoms with E-state index in [1.165, 1.54) is 39.7 Å². The zero-order chi connectivity index (χ0) is 25.9. The van der Waals surface area contributed by atoms with Gasteiger partial charge in [0.25, 0.3) is 5.91 Å². The van der Waals surface area contributed by atoms with Gasteiger partial charge in [0.05, 0.1) is 41.5 Å². The third kappa shape index (κ3) is 5.41. The van der Waals surface area contributed by atoms with Crippen LogP contribution in [0.5, 0.6) is 0 Å². The van der Waals surface area contributed by atoms with E-state index < -0.39 is 18.0 Å². The molecule has 1 aromatic heterocycles. The molecule has 1 N–H and O–H groups in total. The molecule has 1 aliphatic heterocycles. The third-order valence-corrected chi connectivity index (χ3v) is 5.39. The second-order valence-corrected chi connectivity index (χ2v) is 7.94. The Labute approximate surface area is 198 Å². The summed E-state index contributed by atoms with van der Waals surface area (Å²) in [4.78, 5) is 39.7. The molecule has 0 fully saturated rings. The van der Waals surface area contributed by atoms with Gasteiger partial charge < -0.3 is 15.1 Å². The monoisotopic (exact) mass is 487 g/mol. The fourth-order valence-corrected chi connectivity index (χ4v) is 3.56. The summed E-state index contributed by atoms with van der Waals surface area (Å²) in [5.74, 6) is -3.07. The van der Waals surface area contributed by atoms with E-state index in [9.17, 15) is 27.6 Å². The van der Waals surface area contributed by atoms with Gasteiger partial charge >= 0.3 is 12.1 Å².